The first-order valence-corrected chi connectivity index (χ1v) is 9.25. The van der Waals surface area contributed by atoms with Gasteiger partial charge in [0.1, 0.15) is 29.6 Å². The van der Waals surface area contributed by atoms with Crippen molar-refractivity contribution in [2.24, 2.45) is 0 Å². The van der Waals surface area contributed by atoms with Gasteiger partial charge in [0.25, 0.3) is 5.92 Å². The molecule has 0 unspecified atom stereocenters. The van der Waals surface area contributed by atoms with Crippen LogP contribution in [0.4, 0.5) is 26.2 Å². The van der Waals surface area contributed by atoms with Crippen molar-refractivity contribution in [3.63, 3.8) is 0 Å². The molecule has 4 heterocycles. The predicted octanol–water partition coefficient (Wildman–Crippen LogP) is 2.14. The van der Waals surface area contributed by atoms with Crippen LogP contribution in [0.5, 0.6) is 0 Å². The Kier molecular flexibility index (Phi) is 4.75. The first kappa shape index (κ1) is 17.8. The van der Waals surface area contributed by atoms with Gasteiger partial charge in [0.15, 0.2) is 0 Å². The van der Waals surface area contributed by atoms with Crippen molar-refractivity contribution in [1.29, 1.82) is 0 Å². The molecule has 0 spiro atoms. The topological polar surface area (TPSA) is 61.3 Å². The average molecular weight is 375 g/mol. The lowest BCUT2D eigenvalue weighted by Crippen LogP contribution is -2.47. The fourth-order valence-corrected chi connectivity index (χ4v) is 3.53. The Hall–Kier alpha value is -2.58. The molecule has 0 bridgehead atoms. The summed E-state index contributed by atoms with van der Waals surface area (Å²) in [5, 5.41) is 0. The van der Waals surface area contributed by atoms with Gasteiger partial charge in [-0.1, -0.05) is 0 Å². The number of aryl methyl sites for hydroxylation is 1. The smallest absolute Gasteiger partial charge is 0.251 e. The van der Waals surface area contributed by atoms with Crippen molar-refractivity contribution in [3.8, 4) is 0 Å². The maximum atomic E-state index is 13.4. The van der Waals surface area contributed by atoms with Crippen LogP contribution in [0.3, 0.4) is 0 Å². The Morgan fingerprint density at radius 3 is 1.96 bits per heavy atom. The van der Waals surface area contributed by atoms with Crippen LogP contribution < -0.4 is 14.7 Å². The molecule has 9 heteroatoms. The highest BCUT2D eigenvalue weighted by atomic mass is 19.3. The molecule has 2 aliphatic heterocycles. The molecular weight excluding hydrogens is 352 g/mol. The fourth-order valence-electron chi connectivity index (χ4n) is 3.53. The van der Waals surface area contributed by atoms with Crippen LogP contribution in [-0.2, 0) is 0 Å². The number of aromatic nitrogens is 4. The number of piperidine rings is 1. The number of rotatable bonds is 3. The highest BCUT2D eigenvalue weighted by Gasteiger charge is 2.34. The maximum Gasteiger partial charge on any atom is 0.251 e. The molecule has 0 aromatic carbocycles. The molecule has 0 saturated carbocycles. The second-order valence-corrected chi connectivity index (χ2v) is 7.01. The molecule has 0 aliphatic carbocycles. The predicted molar refractivity (Wildman–Crippen MR) is 99.6 cm³/mol. The second-order valence-electron chi connectivity index (χ2n) is 7.01. The number of nitrogens with zero attached hydrogens (tertiary/aromatic N) is 7. The summed E-state index contributed by atoms with van der Waals surface area (Å²) in [6.45, 7) is 5.85. The van der Waals surface area contributed by atoms with Crippen molar-refractivity contribution in [3.05, 3.63) is 30.5 Å². The summed E-state index contributed by atoms with van der Waals surface area (Å²) in [7, 11) is 0. The Bertz CT molecular complexity index is 783. The fraction of sp³-hybridized carbons (Fsp3) is 0.556. The summed E-state index contributed by atoms with van der Waals surface area (Å²) in [4.78, 5) is 23.7. The summed E-state index contributed by atoms with van der Waals surface area (Å²) in [5.41, 5.74) is 0. The van der Waals surface area contributed by atoms with Gasteiger partial charge in [-0.2, -0.15) is 0 Å². The van der Waals surface area contributed by atoms with Gasteiger partial charge in [0.2, 0.25) is 0 Å². The van der Waals surface area contributed by atoms with E-state index in [1.165, 1.54) is 6.33 Å². The zero-order valence-corrected chi connectivity index (χ0v) is 15.4. The first-order chi connectivity index (χ1) is 13.0. The average Bonchev–Trinajstić information content (AvgIpc) is 2.68. The lowest BCUT2D eigenvalue weighted by molar-refractivity contribution is -0.0221. The zero-order valence-electron chi connectivity index (χ0n) is 15.4. The normalized spacial score (nSPS) is 20.0. The third-order valence-electron chi connectivity index (χ3n) is 5.15. The second kappa shape index (κ2) is 7.21. The monoisotopic (exact) mass is 375 g/mol. The van der Waals surface area contributed by atoms with Crippen molar-refractivity contribution in [2.45, 2.75) is 25.7 Å². The highest BCUT2D eigenvalue weighted by Crippen LogP contribution is 2.30. The van der Waals surface area contributed by atoms with Crippen molar-refractivity contribution >= 4 is 17.5 Å². The van der Waals surface area contributed by atoms with Crippen LogP contribution in [0, 0.1) is 6.92 Å². The van der Waals surface area contributed by atoms with Crippen LogP contribution in [0.2, 0.25) is 0 Å². The molecule has 2 aliphatic rings. The van der Waals surface area contributed by atoms with Crippen molar-refractivity contribution in [1.82, 2.24) is 19.9 Å². The summed E-state index contributed by atoms with van der Waals surface area (Å²) in [6, 6.07) is 3.84. The van der Waals surface area contributed by atoms with Crippen LogP contribution in [0.15, 0.2) is 24.7 Å². The van der Waals surface area contributed by atoms with Crippen LogP contribution in [0.25, 0.3) is 0 Å². The van der Waals surface area contributed by atoms with E-state index in [0.29, 0.717) is 13.1 Å². The van der Waals surface area contributed by atoms with Gasteiger partial charge in [-0.25, -0.2) is 28.7 Å². The summed E-state index contributed by atoms with van der Waals surface area (Å²) in [6.07, 6.45) is 3.06. The van der Waals surface area contributed by atoms with Crippen LogP contribution in [0.1, 0.15) is 18.7 Å². The molecule has 2 fully saturated rings. The standard InChI is InChI=1S/C18H23F2N7/c1-14-21-5-2-15(24-14)26-8-10-27(11-9-26)17-12-16(22-13-23-17)25-6-3-18(19,20)4-7-25/h2,5,12-13H,3-4,6-11H2,1H3. The molecule has 144 valence electrons. The zero-order chi connectivity index (χ0) is 18.9. The van der Waals surface area contributed by atoms with E-state index in [2.05, 4.69) is 29.7 Å². The molecular formula is C18H23F2N7. The SMILES string of the molecule is Cc1nccc(N2CCN(c3cc(N4CCC(F)(F)CC4)ncn3)CC2)n1. The Labute approximate surface area is 157 Å². The largest absolute Gasteiger partial charge is 0.356 e. The molecule has 2 aromatic rings. The van der Waals surface area contributed by atoms with Gasteiger partial charge < -0.3 is 14.7 Å². The van der Waals surface area contributed by atoms with E-state index < -0.39 is 5.92 Å². The van der Waals surface area contributed by atoms with Crippen LogP contribution in [-0.4, -0.2) is 65.1 Å². The van der Waals surface area contributed by atoms with Crippen molar-refractivity contribution < 1.29 is 8.78 Å². The van der Waals surface area contributed by atoms with Gasteiger partial charge in [-0.05, 0) is 13.0 Å². The molecule has 7 nitrogen and oxygen atoms in total. The van der Waals surface area contributed by atoms with E-state index in [4.69, 9.17) is 0 Å². The van der Waals surface area contributed by atoms with Gasteiger partial charge in [-0.3, -0.25) is 0 Å². The van der Waals surface area contributed by atoms with Gasteiger partial charge in [0, 0.05) is 64.4 Å². The van der Waals surface area contributed by atoms with Gasteiger partial charge in [-0.15, -0.1) is 0 Å². The molecule has 2 aromatic heterocycles. The molecule has 0 radical (unpaired) electrons. The Morgan fingerprint density at radius 1 is 0.815 bits per heavy atom. The summed E-state index contributed by atoms with van der Waals surface area (Å²) < 4.78 is 26.8. The first-order valence-electron chi connectivity index (χ1n) is 9.25. The third-order valence-corrected chi connectivity index (χ3v) is 5.15. The minimum absolute atomic E-state index is 0.122. The number of piperazine rings is 1. The Morgan fingerprint density at radius 2 is 1.37 bits per heavy atom. The molecule has 0 N–H and O–H groups in total. The number of hydrogen-bond donors (Lipinski definition) is 0. The lowest BCUT2D eigenvalue weighted by atomic mass is 10.1. The van der Waals surface area contributed by atoms with Gasteiger partial charge >= 0.3 is 0 Å². The van der Waals surface area contributed by atoms with E-state index in [9.17, 15) is 8.78 Å². The molecule has 2 saturated heterocycles. The molecule has 0 amide bonds. The van der Waals surface area contributed by atoms with E-state index in [0.717, 1.165) is 49.5 Å². The van der Waals surface area contributed by atoms with Crippen molar-refractivity contribution in [2.75, 3.05) is 54.0 Å². The van der Waals surface area contributed by atoms with E-state index in [1.807, 2.05) is 24.0 Å². The number of alkyl halides is 2. The highest BCUT2D eigenvalue weighted by molar-refractivity contribution is 5.52. The summed E-state index contributed by atoms with van der Waals surface area (Å²) >= 11 is 0. The van der Waals surface area contributed by atoms with E-state index in [-0.39, 0.29) is 12.8 Å². The molecule has 4 rings (SSSR count). The summed E-state index contributed by atoms with van der Waals surface area (Å²) in [5.74, 6) is 0.727. The lowest BCUT2D eigenvalue weighted by Gasteiger charge is -2.37. The van der Waals surface area contributed by atoms with Gasteiger partial charge in [0.05, 0.1) is 0 Å². The quantitative estimate of drug-likeness (QED) is 0.814. The third kappa shape index (κ3) is 4.06. The number of halogens is 2. The van der Waals surface area contributed by atoms with E-state index in [1.54, 1.807) is 6.20 Å². The number of anilines is 3. The minimum Gasteiger partial charge on any atom is -0.356 e. The maximum absolute atomic E-state index is 13.4. The molecule has 27 heavy (non-hydrogen) atoms. The van der Waals surface area contributed by atoms with E-state index >= 15 is 0 Å². The number of hydrogen-bond acceptors (Lipinski definition) is 7. The Balaban J connectivity index is 1.40. The van der Waals surface area contributed by atoms with Crippen LogP contribution >= 0.6 is 0 Å². The molecule has 0 atom stereocenters. The minimum atomic E-state index is -2.55.